The number of rotatable bonds is 4. The SMILES string of the molecule is CNc1cn2ccnc2c(Sc2ccc(C(C)C)cc2)n1. The predicted octanol–water partition coefficient (Wildman–Crippen LogP) is 4.05. The van der Waals surface area contributed by atoms with E-state index in [-0.39, 0.29) is 0 Å². The first-order valence-electron chi connectivity index (χ1n) is 6.96. The Labute approximate surface area is 128 Å². The topological polar surface area (TPSA) is 42.2 Å². The van der Waals surface area contributed by atoms with Crippen LogP contribution in [0.1, 0.15) is 25.3 Å². The monoisotopic (exact) mass is 298 g/mol. The first-order valence-corrected chi connectivity index (χ1v) is 7.78. The van der Waals surface area contributed by atoms with Crippen LogP contribution >= 0.6 is 11.8 Å². The molecule has 2 aromatic heterocycles. The summed E-state index contributed by atoms with van der Waals surface area (Å²) in [5.41, 5.74) is 2.23. The molecule has 1 aromatic carbocycles. The first-order chi connectivity index (χ1) is 10.2. The van der Waals surface area contributed by atoms with Crippen LogP contribution in [-0.2, 0) is 0 Å². The van der Waals surface area contributed by atoms with E-state index in [0.717, 1.165) is 16.5 Å². The molecule has 0 aliphatic carbocycles. The Morgan fingerprint density at radius 2 is 1.95 bits per heavy atom. The molecule has 3 aromatic rings. The maximum absolute atomic E-state index is 4.61. The van der Waals surface area contributed by atoms with E-state index in [4.69, 9.17) is 0 Å². The van der Waals surface area contributed by atoms with Crippen molar-refractivity contribution in [2.24, 2.45) is 0 Å². The summed E-state index contributed by atoms with van der Waals surface area (Å²) in [4.78, 5) is 10.2. The summed E-state index contributed by atoms with van der Waals surface area (Å²) < 4.78 is 1.99. The molecule has 5 heteroatoms. The van der Waals surface area contributed by atoms with Gasteiger partial charge in [0.2, 0.25) is 0 Å². The van der Waals surface area contributed by atoms with Gasteiger partial charge < -0.3 is 9.72 Å². The van der Waals surface area contributed by atoms with Crippen LogP contribution in [0.4, 0.5) is 5.82 Å². The highest BCUT2D eigenvalue weighted by Crippen LogP contribution is 2.30. The van der Waals surface area contributed by atoms with E-state index < -0.39 is 0 Å². The van der Waals surface area contributed by atoms with Gasteiger partial charge in [0.15, 0.2) is 5.65 Å². The number of nitrogens with zero attached hydrogens (tertiary/aromatic N) is 3. The van der Waals surface area contributed by atoms with Crippen LogP contribution in [0.15, 0.2) is 52.8 Å². The van der Waals surface area contributed by atoms with Crippen molar-refractivity contribution in [1.29, 1.82) is 0 Å². The number of benzene rings is 1. The van der Waals surface area contributed by atoms with Gasteiger partial charge in [-0.3, -0.25) is 0 Å². The number of anilines is 1. The predicted molar refractivity (Wildman–Crippen MR) is 87.2 cm³/mol. The van der Waals surface area contributed by atoms with E-state index in [1.807, 2.05) is 23.8 Å². The number of imidazole rings is 1. The van der Waals surface area contributed by atoms with Crippen molar-refractivity contribution in [2.75, 3.05) is 12.4 Å². The molecule has 0 saturated heterocycles. The summed E-state index contributed by atoms with van der Waals surface area (Å²) in [6, 6.07) is 8.65. The Kier molecular flexibility index (Phi) is 3.84. The molecule has 108 valence electrons. The number of nitrogens with one attached hydrogen (secondary N) is 1. The molecular weight excluding hydrogens is 280 g/mol. The van der Waals surface area contributed by atoms with E-state index in [0.29, 0.717) is 5.92 Å². The van der Waals surface area contributed by atoms with Crippen LogP contribution in [-0.4, -0.2) is 21.4 Å². The second-order valence-electron chi connectivity index (χ2n) is 5.17. The second-order valence-corrected chi connectivity index (χ2v) is 6.23. The summed E-state index contributed by atoms with van der Waals surface area (Å²) >= 11 is 1.64. The van der Waals surface area contributed by atoms with Crippen LogP contribution < -0.4 is 5.32 Å². The Morgan fingerprint density at radius 3 is 2.62 bits per heavy atom. The van der Waals surface area contributed by atoms with Gasteiger partial charge in [-0.05, 0) is 23.6 Å². The summed E-state index contributed by atoms with van der Waals surface area (Å²) in [7, 11) is 1.87. The Morgan fingerprint density at radius 1 is 1.19 bits per heavy atom. The third-order valence-electron chi connectivity index (χ3n) is 3.36. The maximum atomic E-state index is 4.61. The van der Waals surface area contributed by atoms with Crippen LogP contribution in [0.5, 0.6) is 0 Å². The smallest absolute Gasteiger partial charge is 0.170 e. The van der Waals surface area contributed by atoms with Gasteiger partial charge in [-0.1, -0.05) is 37.7 Å². The summed E-state index contributed by atoms with van der Waals surface area (Å²) in [6.07, 6.45) is 5.67. The fourth-order valence-electron chi connectivity index (χ4n) is 2.12. The van der Waals surface area contributed by atoms with Gasteiger partial charge in [-0.15, -0.1) is 0 Å². The third-order valence-corrected chi connectivity index (χ3v) is 4.34. The first kappa shape index (κ1) is 13.9. The lowest BCUT2D eigenvalue weighted by Crippen LogP contribution is -1.98. The highest BCUT2D eigenvalue weighted by atomic mass is 32.2. The average molecular weight is 298 g/mol. The van der Waals surface area contributed by atoms with Crippen LogP contribution in [0.3, 0.4) is 0 Å². The lowest BCUT2D eigenvalue weighted by Gasteiger charge is -2.08. The Bertz CT molecular complexity index is 747. The molecule has 0 spiro atoms. The van der Waals surface area contributed by atoms with Crippen molar-refractivity contribution in [2.45, 2.75) is 29.7 Å². The molecule has 0 aliphatic heterocycles. The standard InChI is InChI=1S/C16H18N4S/c1-11(2)12-4-6-13(7-5-12)21-16-15-18-8-9-20(15)10-14(17-3)19-16/h4-11,17H,1-3H3. The minimum atomic E-state index is 0.550. The second kappa shape index (κ2) is 5.77. The molecule has 0 saturated carbocycles. The summed E-state index contributed by atoms with van der Waals surface area (Å²) in [5.74, 6) is 1.38. The minimum Gasteiger partial charge on any atom is -0.372 e. The number of aromatic nitrogens is 3. The number of fused-ring (bicyclic) bond motifs is 1. The van der Waals surface area contributed by atoms with Crippen molar-refractivity contribution >= 4 is 23.2 Å². The van der Waals surface area contributed by atoms with E-state index in [9.17, 15) is 0 Å². The van der Waals surface area contributed by atoms with E-state index in [1.165, 1.54) is 10.5 Å². The number of hydrogen-bond acceptors (Lipinski definition) is 4. The zero-order chi connectivity index (χ0) is 14.8. The lowest BCUT2D eigenvalue weighted by molar-refractivity contribution is 0.865. The molecule has 1 N–H and O–H groups in total. The van der Waals surface area contributed by atoms with E-state index in [2.05, 4.69) is 53.4 Å². The van der Waals surface area contributed by atoms with Crippen molar-refractivity contribution in [3.05, 3.63) is 48.4 Å². The molecule has 21 heavy (non-hydrogen) atoms. The Hall–Kier alpha value is -2.01. The van der Waals surface area contributed by atoms with Crippen molar-refractivity contribution in [3.8, 4) is 0 Å². The largest absolute Gasteiger partial charge is 0.372 e. The summed E-state index contributed by atoms with van der Waals surface area (Å²) in [5, 5.41) is 3.99. The van der Waals surface area contributed by atoms with Gasteiger partial charge in [0.05, 0.1) is 6.20 Å². The lowest BCUT2D eigenvalue weighted by atomic mass is 10.0. The molecule has 3 rings (SSSR count). The fourth-order valence-corrected chi connectivity index (χ4v) is 3.01. The van der Waals surface area contributed by atoms with Gasteiger partial charge in [-0.25, -0.2) is 9.97 Å². The fraction of sp³-hybridized carbons (Fsp3) is 0.250. The minimum absolute atomic E-state index is 0.550. The van der Waals surface area contributed by atoms with Crippen molar-refractivity contribution in [1.82, 2.24) is 14.4 Å². The van der Waals surface area contributed by atoms with Crippen LogP contribution in [0.2, 0.25) is 0 Å². The quantitative estimate of drug-likeness (QED) is 0.789. The highest BCUT2D eigenvalue weighted by Gasteiger charge is 2.09. The highest BCUT2D eigenvalue weighted by molar-refractivity contribution is 7.99. The molecular formula is C16H18N4S. The van der Waals surface area contributed by atoms with Gasteiger partial charge in [0.1, 0.15) is 10.8 Å². The maximum Gasteiger partial charge on any atom is 0.170 e. The van der Waals surface area contributed by atoms with Gasteiger partial charge in [0, 0.05) is 24.3 Å². The van der Waals surface area contributed by atoms with Crippen LogP contribution in [0, 0.1) is 0 Å². The molecule has 4 nitrogen and oxygen atoms in total. The molecule has 0 radical (unpaired) electrons. The van der Waals surface area contributed by atoms with Crippen molar-refractivity contribution in [3.63, 3.8) is 0 Å². The summed E-state index contributed by atoms with van der Waals surface area (Å²) in [6.45, 7) is 4.41. The molecule has 0 amide bonds. The molecule has 0 fully saturated rings. The van der Waals surface area contributed by atoms with E-state index >= 15 is 0 Å². The van der Waals surface area contributed by atoms with Gasteiger partial charge in [-0.2, -0.15) is 0 Å². The third kappa shape index (κ3) is 2.88. The average Bonchev–Trinajstić information content (AvgIpc) is 2.96. The molecule has 0 unspecified atom stereocenters. The van der Waals surface area contributed by atoms with Crippen LogP contribution in [0.25, 0.3) is 5.65 Å². The normalized spacial score (nSPS) is 11.2. The molecule has 2 heterocycles. The molecule has 0 bridgehead atoms. The molecule has 0 aliphatic rings. The Balaban J connectivity index is 1.95. The van der Waals surface area contributed by atoms with Gasteiger partial charge in [0.25, 0.3) is 0 Å². The molecule has 0 atom stereocenters. The van der Waals surface area contributed by atoms with Gasteiger partial charge >= 0.3 is 0 Å². The van der Waals surface area contributed by atoms with Crippen molar-refractivity contribution < 1.29 is 0 Å². The number of hydrogen-bond donors (Lipinski definition) is 1. The zero-order valence-electron chi connectivity index (χ0n) is 12.4. The van der Waals surface area contributed by atoms with E-state index in [1.54, 1.807) is 18.0 Å². The zero-order valence-corrected chi connectivity index (χ0v) is 13.2.